The molecular formula is C18H14BrN3O2. The van der Waals surface area contributed by atoms with E-state index in [4.69, 9.17) is 0 Å². The normalized spacial score (nSPS) is 17.9. The highest BCUT2D eigenvalue weighted by Crippen LogP contribution is 2.33. The molecule has 0 radical (unpaired) electrons. The Labute approximate surface area is 147 Å². The molecule has 0 N–H and O–H groups in total. The van der Waals surface area contributed by atoms with Crippen LogP contribution in [0.3, 0.4) is 0 Å². The van der Waals surface area contributed by atoms with Crippen LogP contribution in [0, 0.1) is 6.92 Å². The number of halogens is 1. The first-order valence-corrected chi connectivity index (χ1v) is 8.41. The Morgan fingerprint density at radius 2 is 1.79 bits per heavy atom. The van der Waals surface area contributed by atoms with Crippen molar-refractivity contribution in [2.75, 3.05) is 4.90 Å². The molecule has 1 fully saturated rings. The zero-order valence-electron chi connectivity index (χ0n) is 12.9. The molecule has 1 aliphatic rings. The van der Waals surface area contributed by atoms with Gasteiger partial charge in [-0.05, 0) is 43.3 Å². The van der Waals surface area contributed by atoms with Crippen molar-refractivity contribution >= 4 is 44.5 Å². The molecule has 1 aliphatic heterocycles. The van der Waals surface area contributed by atoms with Crippen molar-refractivity contribution in [1.29, 1.82) is 0 Å². The van der Waals surface area contributed by atoms with Crippen molar-refractivity contribution in [3.8, 4) is 0 Å². The van der Waals surface area contributed by atoms with Gasteiger partial charge in [-0.3, -0.25) is 9.59 Å². The maximum Gasteiger partial charge on any atom is 0.257 e. The first-order valence-electron chi connectivity index (χ1n) is 7.62. The predicted molar refractivity (Wildman–Crippen MR) is 94.8 cm³/mol. The Morgan fingerprint density at radius 1 is 1.08 bits per heavy atom. The van der Waals surface area contributed by atoms with E-state index < -0.39 is 6.04 Å². The SMILES string of the molecule is Cc1nc2ccccc2n1[C@@H]1CC(=O)N(c2ccc(Br)cc2)C1=O. The number of aryl methyl sites for hydroxylation is 1. The van der Waals surface area contributed by atoms with E-state index in [0.29, 0.717) is 5.69 Å². The Balaban J connectivity index is 1.78. The molecule has 5 nitrogen and oxygen atoms in total. The third-order valence-corrected chi connectivity index (χ3v) is 4.82. The fourth-order valence-corrected chi connectivity index (χ4v) is 3.50. The van der Waals surface area contributed by atoms with Gasteiger partial charge < -0.3 is 4.57 Å². The van der Waals surface area contributed by atoms with Gasteiger partial charge in [-0.1, -0.05) is 28.1 Å². The minimum absolute atomic E-state index is 0.149. The number of carbonyl (C=O) groups excluding carboxylic acids is 2. The van der Waals surface area contributed by atoms with E-state index in [9.17, 15) is 9.59 Å². The summed E-state index contributed by atoms with van der Waals surface area (Å²) in [4.78, 5) is 31.2. The van der Waals surface area contributed by atoms with Crippen LogP contribution in [0.4, 0.5) is 5.69 Å². The number of hydrogen-bond donors (Lipinski definition) is 0. The molecule has 0 aliphatic carbocycles. The van der Waals surface area contributed by atoms with Gasteiger partial charge in [-0.2, -0.15) is 0 Å². The highest BCUT2D eigenvalue weighted by atomic mass is 79.9. The van der Waals surface area contributed by atoms with Crippen LogP contribution < -0.4 is 4.90 Å². The van der Waals surface area contributed by atoms with Gasteiger partial charge in [0.1, 0.15) is 11.9 Å². The largest absolute Gasteiger partial charge is 0.315 e. The van der Waals surface area contributed by atoms with Gasteiger partial charge in [0.05, 0.1) is 23.1 Å². The van der Waals surface area contributed by atoms with Crippen LogP contribution in [-0.4, -0.2) is 21.4 Å². The number of rotatable bonds is 2. The second-order valence-corrected chi connectivity index (χ2v) is 6.70. The number of aromatic nitrogens is 2. The topological polar surface area (TPSA) is 55.2 Å². The van der Waals surface area contributed by atoms with Crippen LogP contribution >= 0.6 is 15.9 Å². The summed E-state index contributed by atoms with van der Waals surface area (Å²) in [5, 5.41) is 0. The van der Waals surface area contributed by atoms with Crippen molar-refractivity contribution in [2.45, 2.75) is 19.4 Å². The van der Waals surface area contributed by atoms with E-state index in [1.54, 1.807) is 12.1 Å². The number of hydrogen-bond acceptors (Lipinski definition) is 3. The van der Waals surface area contributed by atoms with E-state index in [0.717, 1.165) is 21.3 Å². The highest BCUT2D eigenvalue weighted by molar-refractivity contribution is 9.10. The molecule has 120 valence electrons. The fourth-order valence-electron chi connectivity index (χ4n) is 3.24. The fraction of sp³-hybridized carbons (Fsp3) is 0.167. The summed E-state index contributed by atoms with van der Waals surface area (Å²) in [6.07, 6.45) is 0.149. The first-order chi connectivity index (χ1) is 11.6. The lowest BCUT2D eigenvalue weighted by molar-refractivity contribution is -0.122. The van der Waals surface area contributed by atoms with E-state index >= 15 is 0 Å². The summed E-state index contributed by atoms with van der Waals surface area (Å²) in [5.74, 6) is 0.332. The second-order valence-electron chi connectivity index (χ2n) is 5.78. The Kier molecular flexibility index (Phi) is 3.49. The summed E-state index contributed by atoms with van der Waals surface area (Å²) in [6, 6.07) is 14.3. The summed E-state index contributed by atoms with van der Waals surface area (Å²) < 4.78 is 2.77. The van der Waals surface area contributed by atoms with Crippen LogP contribution in [0.25, 0.3) is 11.0 Å². The van der Waals surface area contributed by atoms with Crippen LogP contribution in [-0.2, 0) is 9.59 Å². The molecule has 2 heterocycles. The molecule has 3 aromatic rings. The third kappa shape index (κ3) is 2.26. The van der Waals surface area contributed by atoms with Crippen molar-refractivity contribution in [3.63, 3.8) is 0 Å². The van der Waals surface area contributed by atoms with Crippen LogP contribution in [0.1, 0.15) is 18.3 Å². The number of amides is 2. The van der Waals surface area contributed by atoms with Gasteiger partial charge in [-0.15, -0.1) is 0 Å². The van der Waals surface area contributed by atoms with Gasteiger partial charge in [0.15, 0.2) is 0 Å². The standard InChI is InChI=1S/C18H14BrN3O2/c1-11-20-14-4-2-3-5-15(14)21(11)16-10-17(23)22(18(16)24)13-8-6-12(19)7-9-13/h2-9,16H,10H2,1H3/t16-/m1/s1. The molecule has 4 rings (SSSR count). The number of nitrogens with zero attached hydrogens (tertiary/aromatic N) is 3. The Morgan fingerprint density at radius 3 is 2.54 bits per heavy atom. The maximum absolute atomic E-state index is 12.9. The lowest BCUT2D eigenvalue weighted by Crippen LogP contribution is -2.31. The zero-order chi connectivity index (χ0) is 16.8. The molecule has 1 atom stereocenters. The van der Waals surface area contributed by atoms with Crippen molar-refractivity contribution in [3.05, 3.63) is 58.8 Å². The number of imide groups is 1. The van der Waals surface area contributed by atoms with Crippen molar-refractivity contribution < 1.29 is 9.59 Å². The summed E-state index contributed by atoms with van der Waals surface area (Å²) in [5.41, 5.74) is 2.30. The van der Waals surface area contributed by atoms with Gasteiger partial charge in [0.25, 0.3) is 5.91 Å². The maximum atomic E-state index is 12.9. The number of anilines is 1. The van der Waals surface area contributed by atoms with Crippen LogP contribution in [0.15, 0.2) is 53.0 Å². The minimum atomic E-state index is -0.548. The molecule has 2 amide bonds. The molecule has 0 bridgehead atoms. The molecule has 0 spiro atoms. The molecule has 2 aromatic carbocycles. The average molecular weight is 384 g/mol. The predicted octanol–water partition coefficient (Wildman–Crippen LogP) is 3.61. The molecule has 0 saturated carbocycles. The van der Waals surface area contributed by atoms with Gasteiger partial charge in [0.2, 0.25) is 5.91 Å². The quantitative estimate of drug-likeness (QED) is 0.635. The minimum Gasteiger partial charge on any atom is -0.315 e. The molecule has 24 heavy (non-hydrogen) atoms. The Hall–Kier alpha value is -2.47. The van der Waals surface area contributed by atoms with Crippen LogP contribution in [0.2, 0.25) is 0 Å². The Bertz CT molecular complexity index is 962. The van der Waals surface area contributed by atoms with Gasteiger partial charge in [0, 0.05) is 4.47 Å². The number of carbonyl (C=O) groups is 2. The zero-order valence-corrected chi connectivity index (χ0v) is 14.5. The van der Waals surface area contributed by atoms with E-state index in [2.05, 4.69) is 20.9 Å². The molecule has 1 aromatic heterocycles. The number of benzene rings is 2. The van der Waals surface area contributed by atoms with Gasteiger partial charge in [-0.25, -0.2) is 9.88 Å². The molecule has 6 heteroatoms. The lowest BCUT2D eigenvalue weighted by Gasteiger charge is -2.16. The van der Waals surface area contributed by atoms with Crippen molar-refractivity contribution in [1.82, 2.24) is 9.55 Å². The first kappa shape index (κ1) is 15.1. The second kappa shape index (κ2) is 5.56. The lowest BCUT2D eigenvalue weighted by atomic mass is 10.2. The van der Waals surface area contributed by atoms with E-state index in [-0.39, 0.29) is 18.2 Å². The smallest absolute Gasteiger partial charge is 0.257 e. The highest BCUT2D eigenvalue weighted by Gasteiger charge is 2.41. The molecule has 1 saturated heterocycles. The van der Waals surface area contributed by atoms with E-state index in [1.165, 1.54) is 4.90 Å². The summed E-state index contributed by atoms with van der Waals surface area (Å²) in [6.45, 7) is 1.86. The van der Waals surface area contributed by atoms with E-state index in [1.807, 2.05) is 47.9 Å². The summed E-state index contributed by atoms with van der Waals surface area (Å²) >= 11 is 3.36. The number of para-hydroxylation sites is 2. The number of fused-ring (bicyclic) bond motifs is 1. The molecular weight excluding hydrogens is 370 g/mol. The average Bonchev–Trinajstić information content (AvgIpc) is 3.04. The monoisotopic (exact) mass is 383 g/mol. The van der Waals surface area contributed by atoms with Crippen LogP contribution in [0.5, 0.6) is 0 Å². The van der Waals surface area contributed by atoms with Crippen molar-refractivity contribution in [2.24, 2.45) is 0 Å². The number of imidazole rings is 1. The van der Waals surface area contributed by atoms with Gasteiger partial charge >= 0.3 is 0 Å². The third-order valence-electron chi connectivity index (χ3n) is 4.29. The summed E-state index contributed by atoms with van der Waals surface area (Å²) in [7, 11) is 0. The molecule has 0 unspecified atom stereocenters.